The number of benzene rings is 2. The number of carbonyl (C=O) groups is 2. The molecule has 196 valence electrons. The zero-order valence-corrected chi connectivity index (χ0v) is 24.5. The third-order valence-corrected chi connectivity index (χ3v) is 8.74. The third-order valence-electron chi connectivity index (χ3n) is 6.87. The lowest BCUT2D eigenvalue weighted by Crippen LogP contribution is -2.42. The Morgan fingerprint density at radius 3 is 2.34 bits per heavy atom. The Morgan fingerprint density at radius 2 is 1.71 bits per heavy atom. The van der Waals surface area contributed by atoms with E-state index in [0.29, 0.717) is 73.2 Å². The second-order valence-corrected chi connectivity index (χ2v) is 12.4. The van der Waals surface area contributed by atoms with Crippen molar-refractivity contribution in [3.63, 3.8) is 0 Å². The normalized spacial score (nSPS) is 17.6. The first-order valence-electron chi connectivity index (χ1n) is 12.5. The van der Waals surface area contributed by atoms with E-state index >= 15 is 0 Å². The molecule has 1 saturated heterocycles. The van der Waals surface area contributed by atoms with Crippen molar-refractivity contribution >= 4 is 72.3 Å². The molecule has 0 saturated carbocycles. The standard InChI is InChI=1S/C29H28BrClN4O2S/c1-15-12-16(2)14-35(13-15)29(37)26-25(32)24-23(18-4-6-19(30)7-5-18)22(17(3)33-28(24)38-26)27(36)34-21-10-8-20(31)9-11-21/h4-11,15-16H,12-14,32H2,1-3H3,(H,34,36)/t15-,16-/m0/s1. The first-order chi connectivity index (χ1) is 18.1. The van der Waals surface area contributed by atoms with Gasteiger partial charge < -0.3 is 16.0 Å². The molecule has 2 amide bonds. The van der Waals surface area contributed by atoms with Crippen LogP contribution in [-0.4, -0.2) is 34.8 Å². The molecule has 2 aromatic heterocycles. The largest absolute Gasteiger partial charge is 0.397 e. The number of nitrogen functional groups attached to an aromatic ring is 1. The number of hydrogen-bond donors (Lipinski definition) is 2. The zero-order valence-electron chi connectivity index (χ0n) is 21.3. The molecule has 0 unspecified atom stereocenters. The van der Waals surface area contributed by atoms with E-state index in [4.69, 9.17) is 22.3 Å². The van der Waals surface area contributed by atoms with E-state index in [-0.39, 0.29) is 11.8 Å². The molecule has 6 nitrogen and oxygen atoms in total. The fourth-order valence-electron chi connectivity index (χ4n) is 5.31. The van der Waals surface area contributed by atoms with Gasteiger partial charge in [-0.2, -0.15) is 0 Å². The van der Waals surface area contributed by atoms with E-state index in [1.807, 2.05) is 36.1 Å². The summed E-state index contributed by atoms with van der Waals surface area (Å²) in [5, 5.41) is 4.18. The molecule has 0 bridgehead atoms. The van der Waals surface area contributed by atoms with Gasteiger partial charge in [-0.05, 0) is 67.1 Å². The highest BCUT2D eigenvalue weighted by atomic mass is 79.9. The molecule has 0 aliphatic carbocycles. The maximum Gasteiger partial charge on any atom is 0.266 e. The van der Waals surface area contributed by atoms with Gasteiger partial charge in [-0.1, -0.05) is 53.5 Å². The number of pyridine rings is 1. The molecular formula is C29H28BrClN4O2S. The van der Waals surface area contributed by atoms with Crippen molar-refractivity contribution < 1.29 is 9.59 Å². The van der Waals surface area contributed by atoms with E-state index in [1.165, 1.54) is 11.3 Å². The summed E-state index contributed by atoms with van der Waals surface area (Å²) < 4.78 is 0.915. The molecule has 3 N–H and O–H groups in total. The van der Waals surface area contributed by atoms with Crippen LogP contribution in [0, 0.1) is 18.8 Å². The summed E-state index contributed by atoms with van der Waals surface area (Å²) in [4.78, 5) is 35.2. The summed E-state index contributed by atoms with van der Waals surface area (Å²) >= 11 is 10.8. The number of carbonyl (C=O) groups excluding carboxylic acids is 2. The number of aryl methyl sites for hydroxylation is 1. The Hall–Kier alpha value is -2.94. The van der Waals surface area contributed by atoms with Crippen molar-refractivity contribution in [3.05, 3.63) is 74.2 Å². The van der Waals surface area contributed by atoms with E-state index in [1.54, 1.807) is 24.3 Å². The lowest BCUT2D eigenvalue weighted by Gasteiger charge is -2.34. The van der Waals surface area contributed by atoms with Crippen LogP contribution in [-0.2, 0) is 0 Å². The molecular weight excluding hydrogens is 584 g/mol. The third kappa shape index (κ3) is 5.17. The van der Waals surface area contributed by atoms with Gasteiger partial charge >= 0.3 is 0 Å². The second kappa shape index (κ2) is 10.7. The van der Waals surface area contributed by atoms with Crippen molar-refractivity contribution in [2.24, 2.45) is 11.8 Å². The summed E-state index contributed by atoms with van der Waals surface area (Å²) in [5.41, 5.74) is 10.2. The molecule has 4 aromatic rings. The number of thiophene rings is 1. The fourth-order valence-corrected chi connectivity index (χ4v) is 6.82. The second-order valence-electron chi connectivity index (χ2n) is 10.1. The van der Waals surface area contributed by atoms with Crippen molar-refractivity contribution in [2.45, 2.75) is 27.2 Å². The van der Waals surface area contributed by atoms with Crippen LogP contribution in [0.15, 0.2) is 53.0 Å². The van der Waals surface area contributed by atoms with E-state index in [2.05, 4.69) is 35.1 Å². The molecule has 5 rings (SSSR count). The average Bonchev–Trinajstić information content (AvgIpc) is 3.19. The Labute approximate surface area is 239 Å². The number of nitrogens with two attached hydrogens (primary N) is 1. The summed E-state index contributed by atoms with van der Waals surface area (Å²) in [5.74, 6) is 0.477. The minimum atomic E-state index is -0.311. The molecule has 3 heterocycles. The van der Waals surface area contributed by atoms with Crippen LogP contribution in [0.3, 0.4) is 0 Å². The van der Waals surface area contributed by atoms with Crippen molar-refractivity contribution in [2.75, 3.05) is 24.1 Å². The summed E-state index contributed by atoms with van der Waals surface area (Å²) in [7, 11) is 0. The molecule has 0 spiro atoms. The SMILES string of the molecule is Cc1nc2sc(C(=O)N3C[C@@H](C)C[C@H](C)C3)c(N)c2c(-c2ccc(Br)cc2)c1C(=O)Nc1ccc(Cl)cc1. The number of nitrogens with one attached hydrogen (secondary N) is 1. The topological polar surface area (TPSA) is 88.3 Å². The predicted octanol–water partition coefficient (Wildman–Crippen LogP) is 7.64. The van der Waals surface area contributed by atoms with Gasteiger partial charge in [0.15, 0.2) is 0 Å². The number of piperidine rings is 1. The van der Waals surface area contributed by atoms with E-state index in [0.717, 1.165) is 16.5 Å². The number of rotatable bonds is 4. The Kier molecular flexibility index (Phi) is 7.49. The number of amides is 2. The fraction of sp³-hybridized carbons (Fsp3) is 0.276. The van der Waals surface area contributed by atoms with E-state index < -0.39 is 0 Å². The first kappa shape index (κ1) is 26.7. The Bertz CT molecular complexity index is 1530. The number of likely N-dealkylation sites (tertiary alicyclic amines) is 1. The summed E-state index contributed by atoms with van der Waals surface area (Å²) in [6, 6.07) is 14.6. The first-order valence-corrected chi connectivity index (χ1v) is 14.5. The lowest BCUT2D eigenvalue weighted by atomic mass is 9.91. The molecule has 2 atom stereocenters. The maximum absolute atomic E-state index is 13.7. The minimum Gasteiger partial charge on any atom is -0.397 e. The van der Waals surface area contributed by atoms with Crippen LogP contribution in [0.5, 0.6) is 0 Å². The predicted molar refractivity (Wildman–Crippen MR) is 160 cm³/mol. The number of aromatic nitrogens is 1. The van der Waals surface area contributed by atoms with Gasteiger partial charge in [-0.25, -0.2) is 4.98 Å². The Morgan fingerprint density at radius 1 is 1.08 bits per heavy atom. The highest BCUT2D eigenvalue weighted by Gasteiger charge is 2.31. The van der Waals surface area contributed by atoms with Gasteiger partial charge in [0.2, 0.25) is 0 Å². The van der Waals surface area contributed by atoms with Gasteiger partial charge in [0.1, 0.15) is 9.71 Å². The molecule has 1 fully saturated rings. The summed E-state index contributed by atoms with van der Waals surface area (Å²) in [6.07, 6.45) is 1.10. The van der Waals surface area contributed by atoms with Crippen LogP contribution in [0.25, 0.3) is 21.3 Å². The van der Waals surface area contributed by atoms with E-state index in [9.17, 15) is 9.59 Å². The van der Waals surface area contributed by atoms with Crippen LogP contribution in [0.4, 0.5) is 11.4 Å². The quantitative estimate of drug-likeness (QED) is 0.248. The number of nitrogens with zero attached hydrogens (tertiary/aromatic N) is 2. The number of anilines is 2. The number of halogens is 2. The van der Waals surface area contributed by atoms with Gasteiger partial charge in [0.05, 0.1) is 16.9 Å². The van der Waals surface area contributed by atoms with Crippen LogP contribution in [0.1, 0.15) is 46.0 Å². The van der Waals surface area contributed by atoms with Crippen LogP contribution >= 0.6 is 38.9 Å². The molecule has 0 radical (unpaired) electrons. The highest BCUT2D eigenvalue weighted by molar-refractivity contribution is 9.10. The Balaban J connectivity index is 1.67. The maximum atomic E-state index is 13.7. The average molecular weight is 612 g/mol. The van der Waals surface area contributed by atoms with Gasteiger partial charge in [-0.3, -0.25) is 9.59 Å². The molecule has 38 heavy (non-hydrogen) atoms. The lowest BCUT2D eigenvalue weighted by molar-refractivity contribution is 0.0629. The van der Waals surface area contributed by atoms with Crippen LogP contribution in [0.2, 0.25) is 5.02 Å². The van der Waals surface area contributed by atoms with Crippen molar-refractivity contribution in [1.82, 2.24) is 9.88 Å². The number of hydrogen-bond acceptors (Lipinski definition) is 5. The smallest absolute Gasteiger partial charge is 0.266 e. The molecule has 1 aliphatic heterocycles. The molecule has 2 aromatic carbocycles. The van der Waals surface area contributed by atoms with Gasteiger partial charge in [0.25, 0.3) is 11.8 Å². The van der Waals surface area contributed by atoms with Crippen molar-refractivity contribution in [3.8, 4) is 11.1 Å². The molecule has 1 aliphatic rings. The zero-order chi connectivity index (χ0) is 27.1. The highest BCUT2D eigenvalue weighted by Crippen LogP contribution is 2.43. The minimum absolute atomic E-state index is 0.0736. The molecule has 9 heteroatoms. The van der Waals surface area contributed by atoms with Crippen molar-refractivity contribution in [1.29, 1.82) is 0 Å². The monoisotopic (exact) mass is 610 g/mol. The summed E-state index contributed by atoms with van der Waals surface area (Å²) in [6.45, 7) is 7.57. The van der Waals surface area contributed by atoms with Gasteiger partial charge in [0, 0.05) is 39.2 Å². The van der Waals surface area contributed by atoms with Crippen LogP contribution < -0.4 is 11.1 Å². The van der Waals surface area contributed by atoms with Gasteiger partial charge in [-0.15, -0.1) is 11.3 Å². The number of fused-ring (bicyclic) bond motifs is 1.